The second kappa shape index (κ2) is 8.76. The van der Waals surface area contributed by atoms with Crippen LogP contribution in [-0.4, -0.2) is 14.7 Å². The van der Waals surface area contributed by atoms with Gasteiger partial charge in [-0.2, -0.15) is 0 Å². The van der Waals surface area contributed by atoms with E-state index in [0.29, 0.717) is 18.9 Å². The first-order valence-corrected chi connectivity index (χ1v) is 12.6. The molecule has 33 heavy (non-hydrogen) atoms. The van der Waals surface area contributed by atoms with E-state index in [0.717, 1.165) is 41.5 Å². The third kappa shape index (κ3) is 4.86. The summed E-state index contributed by atoms with van der Waals surface area (Å²) >= 11 is 0. The summed E-state index contributed by atoms with van der Waals surface area (Å²) in [5.41, 5.74) is 9.19. The number of rotatable bonds is 7. The molecule has 1 aliphatic carbocycles. The number of halogens is 2. The molecule has 0 aliphatic heterocycles. The molecule has 2 unspecified atom stereocenters. The zero-order valence-corrected chi connectivity index (χ0v) is 19.3. The molecule has 1 aliphatic rings. The van der Waals surface area contributed by atoms with E-state index in [-0.39, 0.29) is 23.1 Å². The summed E-state index contributed by atoms with van der Waals surface area (Å²) in [6.45, 7) is 2.05. The van der Waals surface area contributed by atoms with Crippen molar-refractivity contribution in [1.29, 1.82) is 0 Å². The number of fused-ring (bicyclic) bond motifs is 1. The first kappa shape index (κ1) is 23.2. The minimum atomic E-state index is -3.66. The van der Waals surface area contributed by atoms with E-state index in [4.69, 9.17) is 10.5 Å². The largest absolute Gasteiger partial charge is 0.452 e. The van der Waals surface area contributed by atoms with Crippen LogP contribution < -0.4 is 15.2 Å². The first-order valence-electron chi connectivity index (χ1n) is 10.7. The Bertz CT molecular complexity index is 1280. The van der Waals surface area contributed by atoms with E-state index >= 15 is 0 Å². The fraction of sp³-hybridized carbons (Fsp3) is 0.280. The van der Waals surface area contributed by atoms with Crippen molar-refractivity contribution < 1.29 is 21.9 Å². The molecule has 0 fully saturated rings. The van der Waals surface area contributed by atoms with Gasteiger partial charge in [-0.05, 0) is 53.8 Å². The molecule has 0 radical (unpaired) electrons. The first-order chi connectivity index (χ1) is 15.6. The number of anilines is 1. The molecule has 3 N–H and O–H groups in total. The van der Waals surface area contributed by atoms with Crippen LogP contribution in [0.2, 0.25) is 0 Å². The maximum absolute atomic E-state index is 14.3. The van der Waals surface area contributed by atoms with Crippen LogP contribution in [0.3, 0.4) is 0 Å². The number of nitrogens with two attached hydrogens (primary N) is 1. The lowest BCUT2D eigenvalue weighted by molar-refractivity contribution is 0.387. The Morgan fingerprint density at radius 1 is 1.09 bits per heavy atom. The molecule has 2 atom stereocenters. The number of hydrogen-bond acceptors (Lipinski definition) is 4. The molecule has 0 amide bonds. The van der Waals surface area contributed by atoms with Crippen molar-refractivity contribution in [3.05, 3.63) is 89.0 Å². The van der Waals surface area contributed by atoms with Crippen molar-refractivity contribution in [2.24, 2.45) is 5.73 Å². The van der Waals surface area contributed by atoms with Crippen molar-refractivity contribution in [1.82, 2.24) is 0 Å². The number of hydrogen-bond donors (Lipinski definition) is 2. The van der Waals surface area contributed by atoms with Crippen molar-refractivity contribution in [2.45, 2.75) is 37.6 Å². The van der Waals surface area contributed by atoms with Crippen LogP contribution in [0.4, 0.5) is 14.5 Å². The molecule has 0 spiro atoms. The van der Waals surface area contributed by atoms with Gasteiger partial charge in [0.05, 0.1) is 11.9 Å². The highest BCUT2D eigenvalue weighted by molar-refractivity contribution is 7.92. The van der Waals surface area contributed by atoms with Crippen molar-refractivity contribution in [3.63, 3.8) is 0 Å². The SMILES string of the molecule is CCCC1(N)CC(c2ccccc2)c2cc(NS(C)(=O)=O)c(Oc3ccc(F)cc3F)cc21. The van der Waals surface area contributed by atoms with Gasteiger partial charge in [-0.15, -0.1) is 0 Å². The minimum Gasteiger partial charge on any atom is -0.452 e. The summed E-state index contributed by atoms with van der Waals surface area (Å²) in [5.74, 6) is -1.78. The molecule has 8 heteroatoms. The molecule has 4 rings (SSSR count). The minimum absolute atomic E-state index is 0.0329. The lowest BCUT2D eigenvalue weighted by Gasteiger charge is -2.26. The average Bonchev–Trinajstić information content (AvgIpc) is 3.02. The Morgan fingerprint density at radius 2 is 1.82 bits per heavy atom. The zero-order valence-electron chi connectivity index (χ0n) is 18.4. The smallest absolute Gasteiger partial charge is 0.229 e. The highest BCUT2D eigenvalue weighted by Crippen LogP contribution is 2.51. The Hall–Kier alpha value is -2.97. The Morgan fingerprint density at radius 3 is 2.45 bits per heavy atom. The van der Waals surface area contributed by atoms with Crippen molar-refractivity contribution in [2.75, 3.05) is 11.0 Å². The molecule has 0 heterocycles. The van der Waals surface area contributed by atoms with E-state index in [2.05, 4.69) is 11.6 Å². The van der Waals surface area contributed by atoms with Gasteiger partial charge in [0, 0.05) is 17.5 Å². The molecular weight excluding hydrogens is 446 g/mol. The normalized spacial score (nSPS) is 19.8. The zero-order chi connectivity index (χ0) is 23.8. The molecule has 174 valence electrons. The van der Waals surface area contributed by atoms with Gasteiger partial charge in [0.25, 0.3) is 0 Å². The van der Waals surface area contributed by atoms with Crippen molar-refractivity contribution >= 4 is 15.7 Å². The fourth-order valence-electron chi connectivity index (χ4n) is 4.61. The van der Waals surface area contributed by atoms with Gasteiger partial charge in [-0.3, -0.25) is 4.72 Å². The second-order valence-corrected chi connectivity index (χ2v) is 10.3. The van der Waals surface area contributed by atoms with E-state index < -0.39 is 27.2 Å². The lowest BCUT2D eigenvalue weighted by Crippen LogP contribution is -2.34. The monoisotopic (exact) mass is 472 g/mol. The molecular formula is C25H26F2N2O3S. The molecule has 3 aromatic carbocycles. The molecule has 0 saturated heterocycles. The van der Waals surface area contributed by atoms with Gasteiger partial charge in [-0.1, -0.05) is 43.7 Å². The molecule has 3 aromatic rings. The Kier molecular flexibility index (Phi) is 6.16. The maximum atomic E-state index is 14.3. The van der Waals surface area contributed by atoms with Crippen LogP contribution in [0.5, 0.6) is 11.5 Å². The fourth-order valence-corrected chi connectivity index (χ4v) is 5.17. The van der Waals surface area contributed by atoms with Gasteiger partial charge < -0.3 is 10.5 Å². The third-order valence-corrected chi connectivity index (χ3v) is 6.53. The number of ether oxygens (including phenoxy) is 1. The summed E-state index contributed by atoms with van der Waals surface area (Å²) in [5, 5.41) is 0. The standard InChI is InChI=1S/C25H26F2N2O3S/c1-3-11-25(28)15-19(16-7-5-4-6-8-16)18-13-22(29-33(2,30)31)24(14-20(18)25)32-23-10-9-17(26)12-21(23)27/h4-10,12-14,19,29H,3,11,15,28H2,1-2H3. The second-order valence-electron chi connectivity index (χ2n) is 8.56. The Balaban J connectivity index is 1.89. The van der Waals surface area contributed by atoms with E-state index in [9.17, 15) is 17.2 Å². The number of sulfonamides is 1. The topological polar surface area (TPSA) is 81.4 Å². The molecule has 5 nitrogen and oxygen atoms in total. The summed E-state index contributed by atoms with van der Waals surface area (Å²) in [4.78, 5) is 0. The maximum Gasteiger partial charge on any atom is 0.229 e. The van der Waals surface area contributed by atoms with Gasteiger partial charge in [-0.25, -0.2) is 17.2 Å². The Labute approximate surface area is 192 Å². The van der Waals surface area contributed by atoms with Crippen molar-refractivity contribution in [3.8, 4) is 11.5 Å². The summed E-state index contributed by atoms with van der Waals surface area (Å²) in [6, 6.07) is 16.2. The molecule has 0 aromatic heterocycles. The van der Waals surface area contributed by atoms with Crippen LogP contribution in [0, 0.1) is 11.6 Å². The lowest BCUT2D eigenvalue weighted by atomic mass is 9.86. The van der Waals surface area contributed by atoms with E-state index in [1.807, 2.05) is 30.3 Å². The number of benzene rings is 3. The summed E-state index contributed by atoms with van der Waals surface area (Å²) in [7, 11) is -3.66. The quantitative estimate of drug-likeness (QED) is 0.468. The van der Waals surface area contributed by atoms with Crippen LogP contribution in [0.25, 0.3) is 0 Å². The summed E-state index contributed by atoms with van der Waals surface area (Å²) in [6.07, 6.45) is 3.24. The van der Waals surface area contributed by atoms with Gasteiger partial charge >= 0.3 is 0 Å². The number of nitrogens with one attached hydrogen (secondary N) is 1. The van der Waals surface area contributed by atoms with Crippen LogP contribution >= 0.6 is 0 Å². The highest BCUT2D eigenvalue weighted by Gasteiger charge is 2.42. The third-order valence-electron chi connectivity index (χ3n) is 5.94. The van der Waals surface area contributed by atoms with Gasteiger partial charge in [0.15, 0.2) is 17.3 Å². The highest BCUT2D eigenvalue weighted by atomic mass is 32.2. The van der Waals surface area contributed by atoms with Crippen LogP contribution in [0.15, 0.2) is 60.7 Å². The van der Waals surface area contributed by atoms with Crippen LogP contribution in [0.1, 0.15) is 48.8 Å². The van der Waals surface area contributed by atoms with Gasteiger partial charge in [0.1, 0.15) is 5.82 Å². The van der Waals surface area contributed by atoms with E-state index in [1.54, 1.807) is 12.1 Å². The molecule has 0 bridgehead atoms. The van der Waals surface area contributed by atoms with Gasteiger partial charge in [0.2, 0.25) is 10.0 Å². The van der Waals surface area contributed by atoms with E-state index in [1.165, 1.54) is 0 Å². The van der Waals surface area contributed by atoms with Crippen LogP contribution in [-0.2, 0) is 15.6 Å². The molecule has 0 saturated carbocycles. The summed E-state index contributed by atoms with van der Waals surface area (Å²) < 4.78 is 60.1. The predicted molar refractivity (Wildman–Crippen MR) is 125 cm³/mol. The average molecular weight is 473 g/mol. The predicted octanol–water partition coefficient (Wildman–Crippen LogP) is 5.62.